The van der Waals surface area contributed by atoms with Crippen LogP contribution in [0.3, 0.4) is 0 Å². The van der Waals surface area contributed by atoms with E-state index in [9.17, 15) is 14.4 Å². The molecule has 132 valence electrons. The van der Waals surface area contributed by atoms with Gasteiger partial charge in [0.2, 0.25) is 5.91 Å². The van der Waals surface area contributed by atoms with Crippen LogP contribution in [0.15, 0.2) is 26.5 Å². The van der Waals surface area contributed by atoms with Crippen LogP contribution in [0, 0.1) is 0 Å². The van der Waals surface area contributed by atoms with E-state index in [2.05, 4.69) is 26.2 Å². The summed E-state index contributed by atoms with van der Waals surface area (Å²) in [4.78, 5) is 37.7. The van der Waals surface area contributed by atoms with Gasteiger partial charge in [0.25, 0.3) is 5.91 Å². The van der Waals surface area contributed by atoms with Crippen molar-refractivity contribution in [3.05, 3.63) is 27.1 Å². The molecular formula is C15H13BrN2O6S. The molecule has 1 heterocycles. The van der Waals surface area contributed by atoms with Crippen LogP contribution in [0.4, 0.5) is 0 Å². The first-order chi connectivity index (χ1) is 11.8. The fourth-order valence-corrected chi connectivity index (χ4v) is 3.30. The van der Waals surface area contributed by atoms with E-state index in [1.807, 2.05) is 0 Å². The van der Waals surface area contributed by atoms with E-state index in [0.717, 1.165) is 11.8 Å². The predicted octanol–water partition coefficient (Wildman–Crippen LogP) is 2.03. The zero-order chi connectivity index (χ0) is 18.6. The summed E-state index contributed by atoms with van der Waals surface area (Å²) in [7, 11) is 1.42. The van der Waals surface area contributed by atoms with Crippen LogP contribution in [0.1, 0.15) is 12.5 Å². The van der Waals surface area contributed by atoms with E-state index in [1.165, 1.54) is 14.0 Å². The summed E-state index contributed by atoms with van der Waals surface area (Å²) < 4.78 is 10.9. The molecule has 2 rings (SSSR count). The maximum absolute atomic E-state index is 11.9. The van der Waals surface area contributed by atoms with Crippen molar-refractivity contribution in [3.8, 4) is 11.5 Å². The lowest BCUT2D eigenvalue weighted by atomic mass is 10.2. The van der Waals surface area contributed by atoms with E-state index in [0.29, 0.717) is 20.7 Å². The molecule has 0 bridgehead atoms. The average Bonchev–Trinajstić information content (AvgIpc) is 2.84. The van der Waals surface area contributed by atoms with Gasteiger partial charge in [0, 0.05) is 6.92 Å². The van der Waals surface area contributed by atoms with Crippen LogP contribution >= 0.6 is 27.7 Å². The second-order valence-corrected chi connectivity index (χ2v) is 6.62. The van der Waals surface area contributed by atoms with Crippen molar-refractivity contribution in [2.24, 2.45) is 4.99 Å². The fraction of sp³-hybridized carbons (Fsp3) is 0.200. The standard InChI is InChI=1S/C15H13BrN2O6S/c1-7(19)17-15-18-14(22)11(25-15)5-8-3-9(16)13(10(4-8)23-2)24-6-12(20)21/h3-5H,6H2,1-2H3,(H,20,21)(H,17,18,19,22)/b11-5-. The molecule has 0 atom stereocenters. The zero-order valence-electron chi connectivity index (χ0n) is 13.2. The van der Waals surface area contributed by atoms with Crippen LogP contribution < -0.4 is 14.8 Å². The molecule has 0 saturated carbocycles. The lowest BCUT2D eigenvalue weighted by Crippen LogP contribution is -2.23. The minimum Gasteiger partial charge on any atom is -0.493 e. The summed E-state index contributed by atoms with van der Waals surface area (Å²) in [5, 5.41) is 11.4. The number of carboxylic acids is 1. The highest BCUT2D eigenvalue weighted by Gasteiger charge is 2.23. The molecule has 1 aliphatic rings. The van der Waals surface area contributed by atoms with Gasteiger partial charge in [0.05, 0.1) is 16.5 Å². The zero-order valence-corrected chi connectivity index (χ0v) is 15.6. The molecule has 0 aromatic heterocycles. The predicted molar refractivity (Wildman–Crippen MR) is 95.7 cm³/mol. The van der Waals surface area contributed by atoms with E-state index in [1.54, 1.807) is 18.2 Å². The number of hydrogen-bond donors (Lipinski definition) is 2. The minimum absolute atomic E-state index is 0.219. The first kappa shape index (κ1) is 19.0. The smallest absolute Gasteiger partial charge is 0.341 e. The number of carbonyl (C=O) groups is 3. The minimum atomic E-state index is -1.12. The molecule has 2 N–H and O–H groups in total. The molecule has 0 radical (unpaired) electrons. The molecule has 0 aliphatic carbocycles. The number of hydrogen-bond acceptors (Lipinski definition) is 6. The van der Waals surface area contributed by atoms with Crippen molar-refractivity contribution in [3.63, 3.8) is 0 Å². The third-order valence-corrected chi connectivity index (χ3v) is 4.28. The largest absolute Gasteiger partial charge is 0.493 e. The number of thioether (sulfide) groups is 1. The molecule has 0 saturated heterocycles. The van der Waals surface area contributed by atoms with Crippen LogP contribution in [0.25, 0.3) is 6.08 Å². The molecular weight excluding hydrogens is 416 g/mol. The Morgan fingerprint density at radius 1 is 1.44 bits per heavy atom. The second kappa shape index (κ2) is 8.17. The monoisotopic (exact) mass is 428 g/mol. The highest BCUT2D eigenvalue weighted by molar-refractivity contribution is 9.10. The Labute approximate surface area is 155 Å². The maximum Gasteiger partial charge on any atom is 0.341 e. The number of nitrogens with zero attached hydrogens (tertiary/aromatic N) is 1. The summed E-state index contributed by atoms with van der Waals surface area (Å²) >= 11 is 4.34. The van der Waals surface area contributed by atoms with E-state index in [-0.39, 0.29) is 16.8 Å². The van der Waals surface area contributed by atoms with Gasteiger partial charge in [-0.3, -0.25) is 9.59 Å². The summed E-state index contributed by atoms with van der Waals surface area (Å²) in [6.07, 6.45) is 1.58. The van der Waals surface area contributed by atoms with Crippen molar-refractivity contribution in [1.29, 1.82) is 0 Å². The number of aliphatic imine (C=N–C) groups is 1. The highest BCUT2D eigenvalue weighted by atomic mass is 79.9. The lowest BCUT2D eigenvalue weighted by Gasteiger charge is -2.12. The SMILES string of the molecule is COc1cc(/C=C2\SC(NC(C)=O)=NC2=O)cc(Br)c1OCC(=O)O. The summed E-state index contributed by atoms with van der Waals surface area (Å²) in [5.74, 6) is -1.34. The number of benzene rings is 1. The molecule has 1 aromatic rings. The van der Waals surface area contributed by atoms with E-state index in [4.69, 9.17) is 14.6 Å². The van der Waals surface area contributed by atoms with Crippen molar-refractivity contribution in [2.45, 2.75) is 6.92 Å². The van der Waals surface area contributed by atoms with E-state index < -0.39 is 18.5 Å². The van der Waals surface area contributed by atoms with Gasteiger partial charge < -0.3 is 19.9 Å². The molecule has 1 aliphatic heterocycles. The van der Waals surface area contributed by atoms with Gasteiger partial charge >= 0.3 is 5.97 Å². The molecule has 0 fully saturated rings. The third-order valence-electron chi connectivity index (χ3n) is 2.79. The number of carboxylic acid groups (broad SMARTS) is 1. The van der Waals surface area contributed by atoms with Crippen molar-refractivity contribution < 1.29 is 29.0 Å². The number of amidine groups is 1. The third kappa shape index (κ3) is 5.07. The number of ether oxygens (including phenoxy) is 2. The topological polar surface area (TPSA) is 114 Å². The summed E-state index contributed by atoms with van der Waals surface area (Å²) in [6.45, 7) is 0.810. The summed E-state index contributed by atoms with van der Waals surface area (Å²) in [6, 6.07) is 3.25. The van der Waals surface area contributed by atoms with Crippen LogP contribution in [0.2, 0.25) is 0 Å². The molecule has 10 heteroatoms. The van der Waals surface area contributed by atoms with Gasteiger partial charge in [0.15, 0.2) is 23.3 Å². The van der Waals surface area contributed by atoms with Gasteiger partial charge in [0.1, 0.15) is 0 Å². The highest BCUT2D eigenvalue weighted by Crippen LogP contribution is 2.38. The molecule has 1 aromatic carbocycles. The Morgan fingerprint density at radius 3 is 2.76 bits per heavy atom. The molecule has 0 unspecified atom stereocenters. The number of amides is 2. The Hall–Kier alpha value is -2.33. The Bertz CT molecular complexity index is 805. The van der Waals surface area contributed by atoms with Gasteiger partial charge in [-0.1, -0.05) is 0 Å². The van der Waals surface area contributed by atoms with Crippen molar-refractivity contribution in [2.75, 3.05) is 13.7 Å². The fourth-order valence-electron chi connectivity index (χ4n) is 1.86. The average molecular weight is 429 g/mol. The summed E-state index contributed by atoms with van der Waals surface area (Å²) in [5.41, 5.74) is 0.613. The van der Waals surface area contributed by atoms with Crippen molar-refractivity contribution in [1.82, 2.24) is 5.32 Å². The number of aliphatic carboxylic acids is 1. The molecule has 25 heavy (non-hydrogen) atoms. The number of nitrogens with one attached hydrogen (secondary N) is 1. The number of carbonyl (C=O) groups excluding carboxylic acids is 2. The normalized spacial score (nSPS) is 15.1. The van der Waals surface area contributed by atoms with Crippen molar-refractivity contribution >= 4 is 56.7 Å². The van der Waals surface area contributed by atoms with Gasteiger partial charge in [-0.2, -0.15) is 4.99 Å². The van der Waals surface area contributed by atoms with Crippen LogP contribution in [0.5, 0.6) is 11.5 Å². The van der Waals surface area contributed by atoms with Gasteiger partial charge in [-0.25, -0.2) is 4.79 Å². The first-order valence-corrected chi connectivity index (χ1v) is 8.43. The molecule has 0 spiro atoms. The molecule has 2 amide bonds. The van der Waals surface area contributed by atoms with E-state index >= 15 is 0 Å². The van der Waals surface area contributed by atoms with Crippen LogP contribution in [-0.2, 0) is 14.4 Å². The van der Waals surface area contributed by atoms with Gasteiger partial charge in [-0.15, -0.1) is 0 Å². The first-order valence-electron chi connectivity index (χ1n) is 6.82. The quantitative estimate of drug-likeness (QED) is 0.689. The number of halogens is 1. The second-order valence-electron chi connectivity index (χ2n) is 4.73. The number of rotatable bonds is 5. The Balaban J connectivity index is 2.26. The Morgan fingerprint density at radius 2 is 2.16 bits per heavy atom. The lowest BCUT2D eigenvalue weighted by molar-refractivity contribution is -0.139. The Kier molecular flexibility index (Phi) is 6.21. The number of methoxy groups -OCH3 is 1. The van der Waals surface area contributed by atoms with Crippen LogP contribution in [-0.4, -0.2) is 41.8 Å². The van der Waals surface area contributed by atoms with Gasteiger partial charge in [-0.05, 0) is 51.5 Å². The molecule has 8 nitrogen and oxygen atoms in total. The maximum atomic E-state index is 11.9.